The van der Waals surface area contributed by atoms with Gasteiger partial charge in [-0.05, 0) is 0 Å². The Balaban J connectivity index is -0.0000000594. The Kier molecular flexibility index (Phi) is 62.5. The van der Waals surface area contributed by atoms with E-state index in [9.17, 15) is 0 Å². The van der Waals surface area contributed by atoms with Crippen LogP contribution in [0.25, 0.3) is 0 Å². The summed E-state index contributed by atoms with van der Waals surface area (Å²) < 4.78 is 0. The molecule has 0 spiro atoms. The van der Waals surface area contributed by atoms with Crippen molar-refractivity contribution in [3.05, 3.63) is 0 Å². The van der Waals surface area contributed by atoms with E-state index in [0.717, 1.165) is 11.5 Å². The second-order valence-corrected chi connectivity index (χ2v) is 5.05. The van der Waals surface area contributed by atoms with Crippen LogP contribution in [0.1, 0.15) is 92.9 Å². The second kappa shape index (κ2) is 36.6. The first-order valence-electron chi connectivity index (χ1n) is 6.99. The van der Waals surface area contributed by atoms with Crippen LogP contribution in [0.4, 0.5) is 0 Å². The van der Waals surface area contributed by atoms with E-state index < -0.39 is 0 Å². The summed E-state index contributed by atoms with van der Waals surface area (Å²) in [6, 6.07) is 0. The van der Waals surface area contributed by atoms with Crippen molar-refractivity contribution in [1.82, 2.24) is 0 Å². The quantitative estimate of drug-likeness (QED) is 0.249. The van der Waals surface area contributed by atoms with Gasteiger partial charge in [-0.2, -0.15) is 11.5 Å². The van der Waals surface area contributed by atoms with Crippen molar-refractivity contribution in [3.63, 3.8) is 0 Å². The summed E-state index contributed by atoms with van der Waals surface area (Å²) in [4.78, 5) is 0. The number of unbranched alkanes of at least 4 members (excludes halogenated alkanes) is 8. The van der Waals surface area contributed by atoms with E-state index in [1.807, 2.05) is 0 Å². The fourth-order valence-corrected chi connectivity index (χ4v) is 1.82. The molecule has 0 aromatic rings. The Morgan fingerprint density at radius 1 is 0.526 bits per heavy atom. The van der Waals surface area contributed by atoms with E-state index in [4.69, 9.17) is 25.3 Å². The molecule has 0 amide bonds. The van der Waals surface area contributed by atoms with E-state index in [0.29, 0.717) is 0 Å². The molecule has 0 aliphatic carbocycles. The van der Waals surface area contributed by atoms with Gasteiger partial charge in [-0.25, -0.2) is 0 Å². The minimum Gasteiger partial charge on any atom is -0.793 e. The SMILES string of the molecule is C.C.CCCCCCC[S-].CCCCCCC[S-].[Sn+2]. The molecule has 0 aliphatic rings. The molecule has 0 aromatic carbocycles. The molecule has 3 heteroatoms. The number of hydrogen-bond donors (Lipinski definition) is 0. The topological polar surface area (TPSA) is 0 Å². The minimum atomic E-state index is 0. The minimum absolute atomic E-state index is 0. The average molecular weight is 413 g/mol. The van der Waals surface area contributed by atoms with E-state index in [-0.39, 0.29) is 38.8 Å². The zero-order valence-corrected chi connectivity index (χ0v) is 16.3. The molecular weight excluding hydrogens is 375 g/mol. The van der Waals surface area contributed by atoms with Crippen molar-refractivity contribution in [2.75, 3.05) is 11.5 Å². The summed E-state index contributed by atoms with van der Waals surface area (Å²) in [5.41, 5.74) is 0. The van der Waals surface area contributed by atoms with Gasteiger partial charge in [-0.15, -0.1) is 0 Å². The molecule has 0 nitrogen and oxygen atoms in total. The zero-order chi connectivity index (χ0) is 12.5. The summed E-state index contributed by atoms with van der Waals surface area (Å²) >= 11 is 9.60. The Hall–Kier alpha value is 1.50. The Morgan fingerprint density at radius 2 is 0.789 bits per heavy atom. The van der Waals surface area contributed by atoms with Gasteiger partial charge in [0.25, 0.3) is 0 Å². The van der Waals surface area contributed by atoms with Gasteiger partial charge in [-0.1, -0.05) is 92.9 Å². The van der Waals surface area contributed by atoms with Crippen LogP contribution in [0.2, 0.25) is 0 Å². The van der Waals surface area contributed by atoms with Crippen LogP contribution in [0.5, 0.6) is 0 Å². The molecule has 0 bridgehead atoms. The van der Waals surface area contributed by atoms with E-state index in [2.05, 4.69) is 13.8 Å². The Bertz CT molecular complexity index is 76.7. The molecule has 118 valence electrons. The van der Waals surface area contributed by atoms with Gasteiger partial charge in [0.2, 0.25) is 0 Å². The van der Waals surface area contributed by atoms with Gasteiger partial charge >= 0.3 is 23.9 Å². The fourth-order valence-electron chi connectivity index (χ4n) is 1.41. The molecule has 0 aliphatic heterocycles. The van der Waals surface area contributed by atoms with Crippen LogP contribution < -0.4 is 0 Å². The molecule has 19 heavy (non-hydrogen) atoms. The maximum atomic E-state index is 4.80. The molecule has 0 rings (SSSR count). The third kappa shape index (κ3) is 45.2. The summed E-state index contributed by atoms with van der Waals surface area (Å²) in [6.07, 6.45) is 13.4. The molecule has 0 fully saturated rings. The molecule has 0 saturated carbocycles. The van der Waals surface area contributed by atoms with Crippen molar-refractivity contribution in [2.24, 2.45) is 0 Å². The summed E-state index contributed by atoms with van der Waals surface area (Å²) in [5.74, 6) is 1.90. The normalized spacial score (nSPS) is 8.21. The van der Waals surface area contributed by atoms with Crippen LogP contribution in [0.15, 0.2) is 0 Å². The van der Waals surface area contributed by atoms with E-state index in [1.165, 1.54) is 64.2 Å². The van der Waals surface area contributed by atoms with Gasteiger partial charge in [0, 0.05) is 0 Å². The molecule has 2 radical (unpaired) electrons. The van der Waals surface area contributed by atoms with Crippen molar-refractivity contribution >= 4 is 49.2 Å². The van der Waals surface area contributed by atoms with Crippen molar-refractivity contribution < 1.29 is 0 Å². The van der Waals surface area contributed by atoms with E-state index >= 15 is 0 Å². The molecule has 0 atom stereocenters. The predicted octanol–water partition coefficient (Wildman–Crippen LogP) is 5.90. The molecule has 0 saturated heterocycles. The predicted molar refractivity (Wildman–Crippen MR) is 101 cm³/mol. The monoisotopic (exact) mass is 414 g/mol. The molecule has 0 N–H and O–H groups in total. The summed E-state index contributed by atoms with van der Waals surface area (Å²) in [5, 5.41) is 0. The van der Waals surface area contributed by atoms with Crippen LogP contribution in [-0.2, 0) is 25.3 Å². The Morgan fingerprint density at radius 3 is 1.00 bits per heavy atom. The Labute approximate surface area is 153 Å². The standard InChI is InChI=1S/2C7H16S.2CH4.Sn/c2*1-2-3-4-5-6-7-8;;;/h2*8H,2-7H2,1H3;2*1H4;/q;;;;+2/p-2. The zero-order valence-electron chi connectivity index (χ0n) is 11.8. The van der Waals surface area contributed by atoms with Crippen LogP contribution >= 0.6 is 0 Å². The maximum absolute atomic E-state index is 4.80. The van der Waals surface area contributed by atoms with Crippen molar-refractivity contribution in [3.8, 4) is 0 Å². The largest absolute Gasteiger partial charge is 2.00 e. The van der Waals surface area contributed by atoms with Crippen LogP contribution in [0.3, 0.4) is 0 Å². The van der Waals surface area contributed by atoms with Gasteiger partial charge in [0.1, 0.15) is 0 Å². The first-order valence-corrected chi connectivity index (χ1v) is 8.15. The summed E-state index contributed by atoms with van der Waals surface area (Å²) in [6.45, 7) is 4.46. The molecule has 0 heterocycles. The first kappa shape index (κ1) is 32.4. The molecule has 0 unspecified atom stereocenters. The van der Waals surface area contributed by atoms with Crippen LogP contribution in [-0.4, -0.2) is 35.4 Å². The van der Waals surface area contributed by atoms with Crippen molar-refractivity contribution in [1.29, 1.82) is 0 Å². The van der Waals surface area contributed by atoms with Crippen molar-refractivity contribution in [2.45, 2.75) is 92.9 Å². The molecule has 0 aromatic heterocycles. The van der Waals surface area contributed by atoms with E-state index in [1.54, 1.807) is 0 Å². The number of hydrogen-bond acceptors (Lipinski definition) is 2. The third-order valence-corrected chi connectivity index (χ3v) is 3.07. The van der Waals surface area contributed by atoms with Gasteiger partial charge < -0.3 is 25.3 Å². The average Bonchev–Trinajstić information content (AvgIpc) is 2.31. The maximum Gasteiger partial charge on any atom is 2.00 e. The fraction of sp³-hybridized carbons (Fsp3) is 1.00. The third-order valence-electron chi connectivity index (χ3n) is 2.50. The summed E-state index contributed by atoms with van der Waals surface area (Å²) in [7, 11) is 0. The van der Waals surface area contributed by atoms with Crippen LogP contribution in [0, 0.1) is 0 Å². The first-order chi connectivity index (χ1) is 7.83. The second-order valence-electron chi connectivity index (χ2n) is 4.24. The number of rotatable bonds is 10. The molecular formula is C16H38S2Sn. The van der Waals surface area contributed by atoms with Gasteiger partial charge in [0.05, 0.1) is 0 Å². The van der Waals surface area contributed by atoms with Gasteiger partial charge in [0.15, 0.2) is 0 Å². The van der Waals surface area contributed by atoms with Gasteiger partial charge in [-0.3, -0.25) is 0 Å². The smallest absolute Gasteiger partial charge is 0.793 e.